The van der Waals surface area contributed by atoms with E-state index in [1.54, 1.807) is 54.8 Å². The Balaban J connectivity index is 1.35. The maximum absolute atomic E-state index is 13.7. The van der Waals surface area contributed by atoms with Crippen LogP contribution in [0, 0.1) is 6.92 Å². The Hall–Kier alpha value is -4.02. The Kier molecular flexibility index (Phi) is 8.23. The molecular formula is C31H29F3N4O2S. The van der Waals surface area contributed by atoms with E-state index in [4.69, 9.17) is 0 Å². The Morgan fingerprint density at radius 3 is 2.46 bits per heavy atom. The number of halogens is 3. The van der Waals surface area contributed by atoms with Gasteiger partial charge in [0.1, 0.15) is 0 Å². The number of pyridine rings is 1. The molecule has 3 heterocycles. The Morgan fingerprint density at radius 2 is 1.76 bits per heavy atom. The number of piperazine rings is 1. The van der Waals surface area contributed by atoms with Gasteiger partial charge in [-0.2, -0.15) is 13.2 Å². The van der Waals surface area contributed by atoms with Crippen LogP contribution in [0.4, 0.5) is 24.5 Å². The number of carbonyl (C=O) groups excluding carboxylic acids is 2. The van der Waals surface area contributed by atoms with E-state index in [0.29, 0.717) is 41.2 Å². The summed E-state index contributed by atoms with van der Waals surface area (Å²) in [5.74, 6) is -0.719. The van der Waals surface area contributed by atoms with Gasteiger partial charge in [-0.1, -0.05) is 18.2 Å². The summed E-state index contributed by atoms with van der Waals surface area (Å²) in [6.07, 6.45) is -1.57. The number of thiophene rings is 1. The molecule has 1 fully saturated rings. The van der Waals surface area contributed by atoms with Crippen molar-refractivity contribution in [3.63, 3.8) is 0 Å². The zero-order chi connectivity index (χ0) is 29.1. The number of nitrogens with one attached hydrogen (secondary N) is 1. The van der Waals surface area contributed by atoms with Crippen LogP contribution in [0.2, 0.25) is 0 Å². The number of aromatic nitrogens is 1. The monoisotopic (exact) mass is 578 g/mol. The van der Waals surface area contributed by atoms with Gasteiger partial charge in [-0.25, -0.2) is 0 Å². The highest BCUT2D eigenvalue weighted by atomic mass is 32.1. The molecule has 2 aromatic carbocycles. The van der Waals surface area contributed by atoms with Gasteiger partial charge in [-0.3, -0.25) is 14.6 Å². The molecule has 1 aliphatic rings. The predicted molar refractivity (Wildman–Crippen MR) is 156 cm³/mol. The van der Waals surface area contributed by atoms with Crippen LogP contribution in [0.3, 0.4) is 0 Å². The Bertz CT molecular complexity index is 1560. The molecule has 1 saturated heterocycles. The van der Waals surface area contributed by atoms with Gasteiger partial charge in [0.2, 0.25) is 0 Å². The number of aryl methyl sites for hydroxylation is 1. The van der Waals surface area contributed by atoms with E-state index in [-0.39, 0.29) is 18.1 Å². The van der Waals surface area contributed by atoms with Crippen molar-refractivity contribution in [1.82, 2.24) is 9.88 Å². The number of benzene rings is 2. The van der Waals surface area contributed by atoms with Crippen molar-refractivity contribution >= 4 is 34.4 Å². The van der Waals surface area contributed by atoms with Crippen LogP contribution in [-0.4, -0.2) is 54.8 Å². The first-order chi connectivity index (χ1) is 19.6. The van der Waals surface area contributed by atoms with Crippen molar-refractivity contribution in [2.24, 2.45) is 0 Å². The summed E-state index contributed by atoms with van der Waals surface area (Å²) < 4.78 is 41.2. The number of likely N-dealkylation sites (N-methyl/N-ethyl adjacent to an activating group) is 1. The van der Waals surface area contributed by atoms with Gasteiger partial charge in [0.05, 0.1) is 11.1 Å². The van der Waals surface area contributed by atoms with E-state index in [1.165, 1.54) is 6.20 Å². The molecule has 1 aliphatic heterocycles. The zero-order valence-corrected chi connectivity index (χ0v) is 23.5. The van der Waals surface area contributed by atoms with Crippen molar-refractivity contribution < 1.29 is 22.8 Å². The number of alkyl halides is 3. The highest BCUT2D eigenvalue weighted by Gasteiger charge is 2.32. The summed E-state index contributed by atoms with van der Waals surface area (Å²) in [5, 5.41) is 4.80. The van der Waals surface area contributed by atoms with Crippen LogP contribution in [0.5, 0.6) is 0 Å². The van der Waals surface area contributed by atoms with Crippen LogP contribution >= 0.6 is 11.3 Å². The molecule has 10 heteroatoms. The largest absolute Gasteiger partial charge is 0.416 e. The average molecular weight is 579 g/mol. The van der Waals surface area contributed by atoms with Crippen molar-refractivity contribution in [2.75, 3.05) is 43.4 Å². The van der Waals surface area contributed by atoms with Crippen LogP contribution in [0.15, 0.2) is 72.4 Å². The number of hydrogen-bond acceptors (Lipinski definition) is 6. The molecule has 41 heavy (non-hydrogen) atoms. The summed E-state index contributed by atoms with van der Waals surface area (Å²) in [6.45, 7) is 4.52. The number of anilines is 2. The smallest absolute Gasteiger partial charge is 0.369 e. The van der Waals surface area contributed by atoms with Gasteiger partial charge in [0, 0.05) is 72.4 Å². The first kappa shape index (κ1) is 28.5. The lowest BCUT2D eigenvalue weighted by atomic mass is 9.98. The maximum atomic E-state index is 13.7. The van der Waals surface area contributed by atoms with Gasteiger partial charge in [-0.15, -0.1) is 11.3 Å². The molecule has 0 atom stereocenters. The molecule has 0 radical (unpaired) electrons. The number of ketones is 1. The number of carbonyl (C=O) groups is 2. The molecule has 0 bridgehead atoms. The molecule has 0 unspecified atom stereocenters. The Morgan fingerprint density at radius 1 is 0.976 bits per heavy atom. The van der Waals surface area contributed by atoms with Gasteiger partial charge in [-0.05, 0) is 66.9 Å². The molecule has 1 amide bonds. The second-order valence-corrected chi connectivity index (χ2v) is 11.1. The van der Waals surface area contributed by atoms with E-state index >= 15 is 0 Å². The zero-order valence-electron chi connectivity index (χ0n) is 22.7. The number of hydrogen-bond donors (Lipinski definition) is 1. The third-order valence-electron chi connectivity index (χ3n) is 7.15. The van der Waals surface area contributed by atoms with Crippen LogP contribution in [0.25, 0.3) is 10.4 Å². The standard InChI is InChI=1S/C31H29F3N4O2S/c1-20-5-6-22(16-27(20)36-30(40)24-15-23(18-35-19-24)29-4-3-11-41-29)28(39)14-21-12-25(31(32,33)34)17-26(13-21)38-9-7-37(2)8-10-38/h3-6,11-13,15-19H,7-10,14H2,1-2H3,(H,36,40). The van der Waals surface area contributed by atoms with Crippen molar-refractivity contribution in [1.29, 1.82) is 0 Å². The lowest BCUT2D eigenvalue weighted by Gasteiger charge is -2.34. The third-order valence-corrected chi connectivity index (χ3v) is 8.07. The second kappa shape index (κ2) is 11.8. The fourth-order valence-electron chi connectivity index (χ4n) is 4.74. The highest BCUT2D eigenvalue weighted by Crippen LogP contribution is 2.34. The van der Waals surface area contributed by atoms with Crippen molar-refractivity contribution in [2.45, 2.75) is 19.5 Å². The van der Waals surface area contributed by atoms with Gasteiger partial charge < -0.3 is 15.1 Å². The molecule has 4 aromatic rings. The normalized spacial score (nSPS) is 14.2. The fraction of sp³-hybridized carbons (Fsp3) is 0.258. The van der Waals surface area contributed by atoms with E-state index in [0.717, 1.165) is 41.2 Å². The summed E-state index contributed by atoms with van der Waals surface area (Å²) in [5.41, 5.74) is 2.67. The first-order valence-electron chi connectivity index (χ1n) is 13.2. The van der Waals surface area contributed by atoms with Crippen LogP contribution in [-0.2, 0) is 12.6 Å². The second-order valence-electron chi connectivity index (χ2n) is 10.2. The summed E-state index contributed by atoms with van der Waals surface area (Å²) in [6, 6.07) is 14.4. The fourth-order valence-corrected chi connectivity index (χ4v) is 5.45. The molecule has 212 valence electrons. The molecule has 0 spiro atoms. The number of Topliss-reactive ketones (excluding diaryl/α,β-unsaturated/α-hetero) is 1. The quantitative estimate of drug-likeness (QED) is 0.252. The lowest BCUT2D eigenvalue weighted by Crippen LogP contribution is -2.44. The minimum absolute atomic E-state index is 0.201. The van der Waals surface area contributed by atoms with Gasteiger partial charge in [0.15, 0.2) is 5.78 Å². The molecular weight excluding hydrogens is 549 g/mol. The SMILES string of the molecule is Cc1ccc(C(=O)Cc2cc(N3CCN(C)CC3)cc(C(F)(F)F)c2)cc1NC(=O)c1cncc(-c2cccs2)c1. The molecule has 6 nitrogen and oxygen atoms in total. The van der Waals surface area contributed by atoms with E-state index < -0.39 is 11.7 Å². The van der Waals surface area contributed by atoms with Crippen molar-refractivity contribution in [3.05, 3.63) is 100 Å². The third kappa shape index (κ3) is 6.83. The average Bonchev–Trinajstić information content (AvgIpc) is 3.49. The summed E-state index contributed by atoms with van der Waals surface area (Å²) >= 11 is 1.54. The lowest BCUT2D eigenvalue weighted by molar-refractivity contribution is -0.137. The first-order valence-corrected chi connectivity index (χ1v) is 14.0. The number of rotatable bonds is 7. The summed E-state index contributed by atoms with van der Waals surface area (Å²) in [4.78, 5) is 35.6. The van der Waals surface area contributed by atoms with E-state index in [1.807, 2.05) is 29.5 Å². The molecule has 0 saturated carbocycles. The molecule has 1 N–H and O–H groups in total. The Labute approximate surface area is 240 Å². The number of amides is 1. The van der Waals surface area contributed by atoms with Gasteiger partial charge >= 0.3 is 6.18 Å². The minimum atomic E-state index is -4.53. The van der Waals surface area contributed by atoms with Crippen LogP contribution < -0.4 is 10.2 Å². The van der Waals surface area contributed by atoms with E-state index in [9.17, 15) is 22.8 Å². The van der Waals surface area contributed by atoms with Crippen LogP contribution in [0.1, 0.15) is 37.4 Å². The van der Waals surface area contributed by atoms with Gasteiger partial charge in [0.25, 0.3) is 5.91 Å². The van der Waals surface area contributed by atoms with E-state index in [2.05, 4.69) is 15.2 Å². The topological polar surface area (TPSA) is 65.5 Å². The predicted octanol–water partition coefficient (Wildman–Crippen LogP) is 6.57. The molecule has 0 aliphatic carbocycles. The number of nitrogens with zero attached hydrogens (tertiary/aromatic N) is 3. The van der Waals surface area contributed by atoms with Crippen molar-refractivity contribution in [3.8, 4) is 10.4 Å². The summed E-state index contributed by atoms with van der Waals surface area (Å²) in [7, 11) is 1.98. The molecule has 5 rings (SSSR count). The minimum Gasteiger partial charge on any atom is -0.369 e. The molecule has 2 aromatic heterocycles. The highest BCUT2D eigenvalue weighted by molar-refractivity contribution is 7.13. The maximum Gasteiger partial charge on any atom is 0.416 e.